The average molecular weight is 559 g/mol. The fraction of sp³-hybridized carbons (Fsp3) is 0.133. The Labute approximate surface area is 233 Å². The fourth-order valence-electron chi connectivity index (χ4n) is 4.26. The highest BCUT2D eigenvalue weighted by Crippen LogP contribution is 2.35. The summed E-state index contributed by atoms with van der Waals surface area (Å²) in [5.74, 6) is -1.26. The molecule has 9 nitrogen and oxygen atoms in total. The molecule has 2 aromatic carbocycles. The summed E-state index contributed by atoms with van der Waals surface area (Å²) in [7, 11) is 2.92. The van der Waals surface area contributed by atoms with Gasteiger partial charge in [-0.3, -0.25) is 19.1 Å². The molecule has 1 amide bonds. The molecule has 0 radical (unpaired) electrons. The third-order valence-corrected chi connectivity index (χ3v) is 6.46. The van der Waals surface area contributed by atoms with Crippen LogP contribution < -0.4 is 25.1 Å². The number of hydrogen-bond donors (Lipinski definition) is 1. The molecule has 0 aliphatic heterocycles. The summed E-state index contributed by atoms with van der Waals surface area (Å²) in [5, 5.41) is 2.56. The minimum atomic E-state index is -0.767. The molecule has 0 atom stereocenters. The molecule has 3 aromatic heterocycles. The van der Waals surface area contributed by atoms with E-state index in [0.717, 1.165) is 6.07 Å². The van der Waals surface area contributed by atoms with Gasteiger partial charge in [0.1, 0.15) is 16.9 Å². The predicted octanol–water partition coefficient (Wildman–Crippen LogP) is 5.74. The lowest BCUT2D eigenvalue weighted by atomic mass is 10.1. The number of aryl methyl sites for hydroxylation is 1. The van der Waals surface area contributed by atoms with Gasteiger partial charge in [0, 0.05) is 41.5 Å². The minimum absolute atomic E-state index is 0.106. The highest BCUT2D eigenvalue weighted by atomic mass is 19.1. The second kappa shape index (κ2) is 11.0. The van der Waals surface area contributed by atoms with Gasteiger partial charge in [0.15, 0.2) is 23.1 Å². The Hall–Kier alpha value is -5.32. The van der Waals surface area contributed by atoms with Gasteiger partial charge in [0.05, 0.1) is 19.7 Å². The molecule has 0 unspecified atom stereocenters. The molecule has 5 aromatic rings. The zero-order chi connectivity index (χ0) is 29.3. The number of nitrogens with zero attached hydrogens (tertiary/aromatic N) is 3. The third kappa shape index (κ3) is 5.29. The van der Waals surface area contributed by atoms with E-state index in [9.17, 15) is 14.0 Å². The number of carbonyl (C=O) groups is 1. The summed E-state index contributed by atoms with van der Waals surface area (Å²) in [6, 6.07) is 13.8. The van der Waals surface area contributed by atoms with Crippen LogP contribution in [0.25, 0.3) is 16.7 Å². The number of aromatic nitrogens is 3. The van der Waals surface area contributed by atoms with Crippen molar-refractivity contribution >= 4 is 22.6 Å². The number of hydrogen-bond acceptors (Lipinski definition) is 7. The quantitative estimate of drug-likeness (QED) is 0.272. The van der Waals surface area contributed by atoms with Gasteiger partial charge in [-0.25, -0.2) is 13.8 Å². The smallest absolute Gasteiger partial charge is 0.268 e. The Kier molecular flexibility index (Phi) is 7.34. The number of methoxy groups -OCH3 is 2. The van der Waals surface area contributed by atoms with E-state index in [0.29, 0.717) is 33.7 Å². The Bertz CT molecular complexity index is 1860. The second-order valence-electron chi connectivity index (χ2n) is 9.02. The SMILES string of the molecule is COc1cc2nccc(Oc3ccc(NC(=O)c4cc(C)c(C)n(-c5ccc(F)cc5)c4=O)cc3F)c2nc1OC. The van der Waals surface area contributed by atoms with Crippen molar-refractivity contribution in [3.8, 4) is 28.8 Å². The Morgan fingerprint density at radius 3 is 2.34 bits per heavy atom. The number of carbonyl (C=O) groups excluding carboxylic acids is 1. The number of ether oxygens (including phenoxy) is 3. The first-order valence-electron chi connectivity index (χ1n) is 12.4. The van der Waals surface area contributed by atoms with Gasteiger partial charge in [0.2, 0.25) is 0 Å². The number of fused-ring (bicyclic) bond motifs is 1. The van der Waals surface area contributed by atoms with Crippen LogP contribution in [-0.2, 0) is 0 Å². The van der Waals surface area contributed by atoms with Crippen molar-refractivity contribution in [2.24, 2.45) is 0 Å². The monoisotopic (exact) mass is 558 g/mol. The van der Waals surface area contributed by atoms with Crippen LogP contribution in [0.3, 0.4) is 0 Å². The van der Waals surface area contributed by atoms with Gasteiger partial charge in [0.25, 0.3) is 17.3 Å². The van der Waals surface area contributed by atoms with Crippen LogP contribution in [0, 0.1) is 25.5 Å². The van der Waals surface area contributed by atoms with E-state index in [-0.39, 0.29) is 28.6 Å². The molecule has 0 fully saturated rings. The lowest BCUT2D eigenvalue weighted by Gasteiger charge is -2.15. The number of nitrogens with one attached hydrogen (secondary N) is 1. The molecule has 0 aliphatic rings. The highest BCUT2D eigenvalue weighted by Gasteiger charge is 2.19. The van der Waals surface area contributed by atoms with Crippen molar-refractivity contribution in [1.82, 2.24) is 14.5 Å². The lowest BCUT2D eigenvalue weighted by Crippen LogP contribution is -2.30. The van der Waals surface area contributed by atoms with E-state index >= 15 is 4.39 Å². The summed E-state index contributed by atoms with van der Waals surface area (Å²) in [6.45, 7) is 3.48. The highest BCUT2D eigenvalue weighted by molar-refractivity contribution is 6.04. The van der Waals surface area contributed by atoms with Crippen molar-refractivity contribution < 1.29 is 27.8 Å². The largest absolute Gasteiger partial charge is 0.491 e. The summed E-state index contributed by atoms with van der Waals surface area (Å²) in [6.07, 6.45) is 1.49. The van der Waals surface area contributed by atoms with Crippen LogP contribution in [-0.4, -0.2) is 34.7 Å². The van der Waals surface area contributed by atoms with Crippen molar-refractivity contribution in [2.75, 3.05) is 19.5 Å². The second-order valence-corrected chi connectivity index (χ2v) is 9.02. The topological polar surface area (TPSA) is 105 Å². The lowest BCUT2D eigenvalue weighted by molar-refractivity contribution is 0.102. The van der Waals surface area contributed by atoms with Gasteiger partial charge in [-0.1, -0.05) is 0 Å². The van der Waals surface area contributed by atoms with Crippen LogP contribution in [0.2, 0.25) is 0 Å². The number of pyridine rings is 3. The normalized spacial score (nSPS) is 10.9. The van der Waals surface area contributed by atoms with Crippen LogP contribution in [0.5, 0.6) is 23.1 Å². The molecule has 0 aliphatic carbocycles. The zero-order valence-electron chi connectivity index (χ0n) is 22.5. The molecule has 0 spiro atoms. The number of halogens is 2. The maximum atomic E-state index is 15.1. The first kappa shape index (κ1) is 27.3. The molecule has 208 valence electrons. The van der Waals surface area contributed by atoms with Crippen LogP contribution in [0.4, 0.5) is 14.5 Å². The Morgan fingerprint density at radius 1 is 0.902 bits per heavy atom. The van der Waals surface area contributed by atoms with Crippen LogP contribution in [0.1, 0.15) is 21.6 Å². The summed E-state index contributed by atoms with van der Waals surface area (Å²) in [5.41, 5.74) is 1.81. The first-order valence-corrected chi connectivity index (χ1v) is 12.4. The first-order chi connectivity index (χ1) is 19.7. The summed E-state index contributed by atoms with van der Waals surface area (Å²) in [4.78, 5) is 35.0. The zero-order valence-corrected chi connectivity index (χ0v) is 22.5. The predicted molar refractivity (Wildman–Crippen MR) is 149 cm³/mol. The van der Waals surface area contributed by atoms with Crippen molar-refractivity contribution in [3.63, 3.8) is 0 Å². The Morgan fingerprint density at radius 2 is 1.66 bits per heavy atom. The van der Waals surface area contributed by atoms with E-state index in [4.69, 9.17) is 14.2 Å². The Balaban J connectivity index is 1.42. The van der Waals surface area contributed by atoms with Crippen molar-refractivity contribution in [3.05, 3.63) is 106 Å². The standard InChI is InChI=1S/C30H24F2N4O5/c1-16-13-21(30(38)36(17(16)2)20-8-5-18(31)6-9-20)28(37)34-19-7-10-24(22(32)14-19)41-25-11-12-33-23-15-26(39-3)29(40-4)35-27(23)25/h5-15H,1-4H3,(H,34,37). The van der Waals surface area contributed by atoms with Crippen molar-refractivity contribution in [2.45, 2.75) is 13.8 Å². The number of rotatable bonds is 7. The van der Waals surface area contributed by atoms with Gasteiger partial charge in [-0.15, -0.1) is 0 Å². The van der Waals surface area contributed by atoms with Gasteiger partial charge < -0.3 is 19.5 Å². The van der Waals surface area contributed by atoms with E-state index in [2.05, 4.69) is 15.3 Å². The molecular weight excluding hydrogens is 534 g/mol. The number of benzene rings is 2. The summed E-state index contributed by atoms with van der Waals surface area (Å²) < 4.78 is 46.2. The average Bonchev–Trinajstić information content (AvgIpc) is 2.96. The van der Waals surface area contributed by atoms with Crippen LogP contribution >= 0.6 is 0 Å². The molecule has 11 heteroatoms. The molecule has 0 saturated carbocycles. The maximum Gasteiger partial charge on any atom is 0.268 e. The minimum Gasteiger partial charge on any atom is -0.491 e. The fourth-order valence-corrected chi connectivity index (χ4v) is 4.26. The summed E-state index contributed by atoms with van der Waals surface area (Å²) >= 11 is 0. The van der Waals surface area contributed by atoms with E-state index in [1.165, 1.54) is 73.5 Å². The third-order valence-electron chi connectivity index (χ3n) is 6.46. The van der Waals surface area contributed by atoms with E-state index < -0.39 is 23.1 Å². The van der Waals surface area contributed by atoms with E-state index in [1.54, 1.807) is 19.9 Å². The molecule has 0 saturated heterocycles. The van der Waals surface area contributed by atoms with Crippen LogP contribution in [0.15, 0.2) is 71.7 Å². The van der Waals surface area contributed by atoms with Gasteiger partial charge >= 0.3 is 0 Å². The molecular formula is C30H24F2N4O5. The maximum absolute atomic E-state index is 15.1. The van der Waals surface area contributed by atoms with Gasteiger partial charge in [-0.05, 0) is 61.9 Å². The molecule has 3 heterocycles. The molecule has 1 N–H and O–H groups in total. The van der Waals surface area contributed by atoms with E-state index in [1.807, 2.05) is 0 Å². The molecule has 41 heavy (non-hydrogen) atoms. The number of anilines is 1. The van der Waals surface area contributed by atoms with Crippen molar-refractivity contribution in [1.29, 1.82) is 0 Å². The molecule has 0 bridgehead atoms. The number of amides is 1. The van der Waals surface area contributed by atoms with Gasteiger partial charge in [-0.2, -0.15) is 0 Å². The molecule has 5 rings (SSSR count).